The molecule has 0 spiro atoms. The van der Waals surface area contributed by atoms with E-state index in [1.54, 1.807) is 0 Å². The van der Waals surface area contributed by atoms with E-state index in [4.69, 9.17) is 4.74 Å². The van der Waals surface area contributed by atoms with Crippen LogP contribution >= 0.6 is 0 Å². The van der Waals surface area contributed by atoms with Gasteiger partial charge in [-0.05, 0) is 30.7 Å². The van der Waals surface area contributed by atoms with Gasteiger partial charge in [-0.3, -0.25) is 0 Å². The number of ether oxygens (including phenoxy) is 1. The SMILES string of the molecule is CC(C)C(NC1CCCOCC1)c1ccccc1. The van der Waals surface area contributed by atoms with Crippen LogP contribution in [-0.4, -0.2) is 19.3 Å². The summed E-state index contributed by atoms with van der Waals surface area (Å²) in [6.45, 7) is 6.41. The molecule has 100 valence electrons. The monoisotopic (exact) mass is 247 g/mol. The third kappa shape index (κ3) is 3.82. The molecule has 0 bridgehead atoms. The van der Waals surface area contributed by atoms with Crippen molar-refractivity contribution in [2.45, 2.75) is 45.2 Å². The molecule has 2 nitrogen and oxygen atoms in total. The zero-order valence-electron chi connectivity index (χ0n) is 11.6. The zero-order chi connectivity index (χ0) is 12.8. The maximum absolute atomic E-state index is 5.53. The fourth-order valence-electron chi connectivity index (χ4n) is 2.66. The van der Waals surface area contributed by atoms with Crippen LogP contribution in [0.15, 0.2) is 30.3 Å². The Hall–Kier alpha value is -0.860. The molecule has 1 saturated heterocycles. The minimum Gasteiger partial charge on any atom is -0.381 e. The molecule has 0 aliphatic carbocycles. The van der Waals surface area contributed by atoms with Gasteiger partial charge in [-0.1, -0.05) is 44.2 Å². The summed E-state index contributed by atoms with van der Waals surface area (Å²) in [5.41, 5.74) is 1.40. The van der Waals surface area contributed by atoms with Crippen LogP contribution in [0.5, 0.6) is 0 Å². The Labute approximate surface area is 111 Å². The lowest BCUT2D eigenvalue weighted by Crippen LogP contribution is -2.35. The Morgan fingerprint density at radius 3 is 2.61 bits per heavy atom. The molecular formula is C16H25NO. The molecule has 0 radical (unpaired) electrons. The van der Waals surface area contributed by atoms with Crippen LogP contribution in [0, 0.1) is 5.92 Å². The summed E-state index contributed by atoms with van der Waals surface area (Å²) < 4.78 is 5.53. The van der Waals surface area contributed by atoms with Crippen molar-refractivity contribution in [3.63, 3.8) is 0 Å². The van der Waals surface area contributed by atoms with Gasteiger partial charge in [0.1, 0.15) is 0 Å². The van der Waals surface area contributed by atoms with Gasteiger partial charge in [0.2, 0.25) is 0 Å². The third-order valence-corrected chi connectivity index (χ3v) is 3.69. The van der Waals surface area contributed by atoms with Crippen molar-refractivity contribution >= 4 is 0 Å². The summed E-state index contributed by atoms with van der Waals surface area (Å²) in [6, 6.07) is 11.8. The van der Waals surface area contributed by atoms with Gasteiger partial charge in [-0.2, -0.15) is 0 Å². The quantitative estimate of drug-likeness (QED) is 0.878. The zero-order valence-corrected chi connectivity index (χ0v) is 11.6. The number of rotatable bonds is 4. The summed E-state index contributed by atoms with van der Waals surface area (Å²) in [7, 11) is 0. The van der Waals surface area contributed by atoms with E-state index in [0.29, 0.717) is 18.0 Å². The lowest BCUT2D eigenvalue weighted by molar-refractivity contribution is 0.142. The van der Waals surface area contributed by atoms with Crippen molar-refractivity contribution in [3.8, 4) is 0 Å². The van der Waals surface area contributed by atoms with E-state index in [9.17, 15) is 0 Å². The third-order valence-electron chi connectivity index (χ3n) is 3.69. The minimum absolute atomic E-state index is 0.453. The van der Waals surface area contributed by atoms with Crippen molar-refractivity contribution < 1.29 is 4.74 Å². The summed E-state index contributed by atoms with van der Waals surface area (Å²) in [5, 5.41) is 3.83. The summed E-state index contributed by atoms with van der Waals surface area (Å²) >= 11 is 0. The van der Waals surface area contributed by atoms with E-state index in [1.807, 2.05) is 0 Å². The van der Waals surface area contributed by atoms with Crippen molar-refractivity contribution in [1.29, 1.82) is 0 Å². The Bertz CT molecular complexity index is 328. The highest BCUT2D eigenvalue weighted by molar-refractivity contribution is 5.19. The lowest BCUT2D eigenvalue weighted by atomic mass is 9.94. The van der Waals surface area contributed by atoms with Crippen LogP contribution in [0.25, 0.3) is 0 Å². The summed E-state index contributed by atoms with van der Waals surface area (Å²) in [4.78, 5) is 0. The first-order chi connectivity index (χ1) is 8.77. The molecule has 1 aliphatic heterocycles. The van der Waals surface area contributed by atoms with Crippen molar-refractivity contribution in [1.82, 2.24) is 5.32 Å². The van der Waals surface area contributed by atoms with Crippen LogP contribution in [0.2, 0.25) is 0 Å². The van der Waals surface area contributed by atoms with E-state index in [0.717, 1.165) is 19.6 Å². The highest BCUT2D eigenvalue weighted by atomic mass is 16.5. The van der Waals surface area contributed by atoms with Crippen LogP contribution in [0.4, 0.5) is 0 Å². The second kappa shape index (κ2) is 6.91. The number of hydrogen-bond donors (Lipinski definition) is 1. The van der Waals surface area contributed by atoms with Crippen LogP contribution in [0.1, 0.15) is 44.7 Å². The predicted octanol–water partition coefficient (Wildman–Crippen LogP) is 3.54. The van der Waals surface area contributed by atoms with Crippen LogP contribution in [-0.2, 0) is 4.74 Å². The molecule has 2 unspecified atom stereocenters. The van der Waals surface area contributed by atoms with Gasteiger partial charge in [0, 0.05) is 25.3 Å². The van der Waals surface area contributed by atoms with Gasteiger partial charge >= 0.3 is 0 Å². The number of nitrogens with one attached hydrogen (secondary N) is 1. The normalized spacial score (nSPS) is 22.7. The van der Waals surface area contributed by atoms with Gasteiger partial charge < -0.3 is 10.1 Å². The van der Waals surface area contributed by atoms with Crippen molar-refractivity contribution in [2.24, 2.45) is 5.92 Å². The Morgan fingerprint density at radius 2 is 1.89 bits per heavy atom. The van der Waals surface area contributed by atoms with Gasteiger partial charge in [0.15, 0.2) is 0 Å². The molecule has 1 aromatic rings. The second-order valence-corrected chi connectivity index (χ2v) is 5.54. The fourth-order valence-corrected chi connectivity index (χ4v) is 2.66. The fraction of sp³-hybridized carbons (Fsp3) is 0.625. The average molecular weight is 247 g/mol. The van der Waals surface area contributed by atoms with Crippen LogP contribution < -0.4 is 5.32 Å². The molecule has 2 atom stereocenters. The van der Waals surface area contributed by atoms with E-state index >= 15 is 0 Å². The molecule has 2 heteroatoms. The smallest absolute Gasteiger partial charge is 0.0480 e. The van der Waals surface area contributed by atoms with E-state index in [2.05, 4.69) is 49.5 Å². The molecule has 1 fully saturated rings. The minimum atomic E-state index is 0.453. The standard InChI is InChI=1S/C16H25NO/c1-13(2)16(14-7-4-3-5-8-14)17-15-9-6-11-18-12-10-15/h3-5,7-8,13,15-17H,6,9-12H2,1-2H3. The van der Waals surface area contributed by atoms with Crippen LogP contribution in [0.3, 0.4) is 0 Å². The highest BCUT2D eigenvalue weighted by Gasteiger charge is 2.20. The highest BCUT2D eigenvalue weighted by Crippen LogP contribution is 2.23. The molecule has 0 amide bonds. The Morgan fingerprint density at radius 1 is 1.11 bits per heavy atom. The van der Waals surface area contributed by atoms with E-state index < -0.39 is 0 Å². The molecule has 1 aromatic carbocycles. The maximum Gasteiger partial charge on any atom is 0.0480 e. The van der Waals surface area contributed by atoms with Gasteiger partial charge in [-0.15, -0.1) is 0 Å². The first-order valence-electron chi connectivity index (χ1n) is 7.16. The molecule has 1 N–H and O–H groups in total. The molecule has 0 saturated carbocycles. The lowest BCUT2D eigenvalue weighted by Gasteiger charge is -2.28. The molecule has 1 heterocycles. The second-order valence-electron chi connectivity index (χ2n) is 5.54. The number of benzene rings is 1. The van der Waals surface area contributed by atoms with E-state index in [-0.39, 0.29) is 0 Å². The van der Waals surface area contributed by atoms with E-state index in [1.165, 1.54) is 18.4 Å². The molecular weight excluding hydrogens is 222 g/mol. The first kappa shape index (κ1) is 13.6. The van der Waals surface area contributed by atoms with Gasteiger partial charge in [0.25, 0.3) is 0 Å². The predicted molar refractivity (Wildman–Crippen MR) is 75.6 cm³/mol. The Kier molecular flexibility index (Phi) is 5.21. The maximum atomic E-state index is 5.53. The van der Waals surface area contributed by atoms with Gasteiger partial charge in [0.05, 0.1) is 0 Å². The Balaban J connectivity index is 2.02. The first-order valence-corrected chi connectivity index (χ1v) is 7.16. The average Bonchev–Trinajstić information content (AvgIpc) is 2.65. The van der Waals surface area contributed by atoms with Crippen molar-refractivity contribution in [3.05, 3.63) is 35.9 Å². The molecule has 2 rings (SSSR count). The molecule has 18 heavy (non-hydrogen) atoms. The molecule has 0 aromatic heterocycles. The number of hydrogen-bond acceptors (Lipinski definition) is 2. The summed E-state index contributed by atoms with van der Waals surface area (Å²) in [6.07, 6.45) is 3.55. The van der Waals surface area contributed by atoms with Crippen molar-refractivity contribution in [2.75, 3.05) is 13.2 Å². The topological polar surface area (TPSA) is 21.3 Å². The largest absolute Gasteiger partial charge is 0.381 e. The summed E-state index contributed by atoms with van der Waals surface area (Å²) in [5.74, 6) is 0.608. The molecule has 1 aliphatic rings. The van der Waals surface area contributed by atoms with Gasteiger partial charge in [-0.25, -0.2) is 0 Å².